The Hall–Kier alpha value is -9.67. The van der Waals surface area contributed by atoms with E-state index >= 15 is 0 Å². The van der Waals surface area contributed by atoms with Crippen LogP contribution in [0.2, 0.25) is 0 Å². The third kappa shape index (κ3) is 23.6. The maximum Gasteiger partial charge on any atom is 0.351 e. The SMILES string of the molecule is CC1(F)[C@@H](O)[C@@H](CO)O[C@H]1n1ccc(NO)nc1=O.CC1(O)[C@@H](O)[C@@H](CO)O[C@H]1n1ccc(NO)nc1=O.CCCCCCCCC(=O)ONc1ccn([C@@H]2O[C@H](CO)[C@H](O)C2O)c(=O)n1.CONc1ccn([C@@H]2O[C@H](CO)[C@H](O)C2(C)O)c(=O)n1.O=c1nc(NO)ccn1[C@@H]1O[C@H](CO)[C@H](O)C1F.O=c1nc(NO)ccn1[C@@H]1O[C@H](CO)[C@H](O)C1O. The van der Waals surface area contributed by atoms with E-state index < -0.39 is 226 Å². The second-order valence-electron chi connectivity index (χ2n) is 28.1. The number of unbranched alkanes of at least 4 members (excludes halogenated alkanes) is 5. The zero-order valence-electron chi connectivity index (χ0n) is 65.4. The highest BCUT2D eigenvalue weighted by Crippen LogP contribution is 2.42. The van der Waals surface area contributed by atoms with Crippen molar-refractivity contribution >= 4 is 40.9 Å². The summed E-state index contributed by atoms with van der Waals surface area (Å²) in [5.41, 5.74) is 1.05. The number of aromatic nitrogens is 12. The average Bonchev–Trinajstić information content (AvgIpc) is 1.61. The molecule has 0 spiro atoms. The minimum Gasteiger partial charge on any atom is -0.394 e. The summed E-state index contributed by atoms with van der Waals surface area (Å²) in [6, 6.07) is 7.86. The van der Waals surface area contributed by atoms with Crippen molar-refractivity contribution in [3.8, 4) is 0 Å². The number of halogens is 2. The van der Waals surface area contributed by atoms with Crippen molar-refractivity contribution in [1.82, 2.24) is 57.3 Å². The number of aliphatic hydroxyl groups excluding tert-OH is 14. The molecule has 0 radical (unpaired) electrons. The number of hydrogen-bond donors (Lipinski definition) is 26. The van der Waals surface area contributed by atoms with Gasteiger partial charge in [-0.3, -0.25) is 75.0 Å². The van der Waals surface area contributed by atoms with Gasteiger partial charge in [0.05, 0.1) is 46.8 Å². The number of hydrogen-bond acceptors (Lipinski definition) is 47. The number of rotatable bonds is 27. The summed E-state index contributed by atoms with van der Waals surface area (Å²) in [5.74, 6) is -0.510. The van der Waals surface area contributed by atoms with Crippen LogP contribution in [0.5, 0.6) is 0 Å². The number of anilines is 6. The van der Waals surface area contributed by atoms with E-state index in [1.54, 1.807) is 21.9 Å². The minimum absolute atomic E-state index is 0.0317. The number of carbonyl (C=O) groups is 1. The fourth-order valence-corrected chi connectivity index (χ4v) is 12.7. The normalized spacial score (nSPS) is 31.1. The molecule has 12 rings (SSSR count). The molecule has 26 N–H and O–H groups in total. The standard InChI is InChI=1S/C18H29N3O7.C11H17N3O6.C10H14FN3O5.C10H15N3O6.C9H12FN3O5.C9H13N3O6/c1-2-3-4-5-6-7-8-14(23)28-20-13-9-10-21(18(26)19-13)17-16(25)15(24)12(11-22)27-17;1-11(18)8(16)6(5-15)20-9(11)14-4-3-7(13-19-2)12-10(14)17;1-10(11)7(16)5(4-15)19-8(10)14-3-2-6(13-18)12-9(14)17;1-10(17)7(15)5(4-14)19-8(10)13-3-2-6(12-18)11-9(13)16;10-6-7(15)4(3-14)18-8(6)13-2-1-5(12-17)11-9(13)16;13-3-4-6(14)7(15)8(18-4)12-2-1-5(11-17)10-9(12)16/h9-10,12,15-17,22,24-25H,2-8,11H2,1H3,(H,19,20,26);3-4,6,8-9,15-16,18H,5H2,1-2H3,(H,12,13,17);2-3,5,7-8,15-16,18H,4H2,1H3,(H,12,13,17);2-3,5,7-8,14-15,17-18H,4H2,1H3,(H,11,12,16);1-2,4,6-8,14-15,17H,3H2,(H,11,12,16);1-2,4,6-8,13-15,17H,3H2,(H,10,11,16)/t12-,15+,16?,17-;6-,8+,9-,11?;2*5-,7+,8-,10?;4-,6?,7+,8-;4-,6+,7?,8-/m111111/s1. The Morgan fingerprint density at radius 2 is 0.705 bits per heavy atom. The van der Waals surface area contributed by atoms with E-state index in [1.807, 2.05) is 0 Å². The van der Waals surface area contributed by atoms with E-state index in [1.165, 1.54) is 108 Å². The van der Waals surface area contributed by atoms with E-state index in [-0.39, 0.29) is 41.3 Å². The van der Waals surface area contributed by atoms with E-state index in [0.717, 1.165) is 59.8 Å². The summed E-state index contributed by atoms with van der Waals surface area (Å²) < 4.78 is 65.0. The van der Waals surface area contributed by atoms with E-state index in [0.29, 0.717) is 0 Å². The third-order valence-corrected chi connectivity index (χ3v) is 19.5. The van der Waals surface area contributed by atoms with Gasteiger partial charge in [-0.15, -0.1) is 0 Å². The van der Waals surface area contributed by atoms with Crippen LogP contribution >= 0.6 is 0 Å². The molecule has 682 valence electrons. The number of nitrogens with zero attached hydrogens (tertiary/aromatic N) is 12. The fourth-order valence-electron chi connectivity index (χ4n) is 12.7. The zero-order chi connectivity index (χ0) is 90.4. The summed E-state index contributed by atoms with van der Waals surface area (Å²) in [7, 11) is 1.38. The van der Waals surface area contributed by atoms with Crippen LogP contribution in [0.1, 0.15) is 110 Å². The van der Waals surface area contributed by atoms with Gasteiger partial charge in [0.1, 0.15) is 96.7 Å². The summed E-state index contributed by atoms with van der Waals surface area (Å²) in [6.45, 7) is 2.76. The van der Waals surface area contributed by atoms with Crippen LogP contribution < -0.4 is 67.0 Å². The lowest BCUT2D eigenvalue weighted by molar-refractivity contribution is -0.140. The third-order valence-electron chi connectivity index (χ3n) is 19.5. The van der Waals surface area contributed by atoms with Gasteiger partial charge in [0.25, 0.3) is 0 Å². The first-order valence-electron chi connectivity index (χ1n) is 37.1. The first kappa shape index (κ1) is 99.4. The molecular weight excluding hydrogens is 1650 g/mol. The predicted octanol–water partition coefficient (Wildman–Crippen LogP) is -7.95. The van der Waals surface area contributed by atoms with Crippen LogP contribution in [0.15, 0.2) is 102 Å². The molecule has 12 heterocycles. The second kappa shape index (κ2) is 45.1. The highest BCUT2D eigenvalue weighted by Gasteiger charge is 2.57. The van der Waals surface area contributed by atoms with Gasteiger partial charge in [-0.05, 0) is 57.5 Å². The quantitative estimate of drug-likeness (QED) is 0.0168. The van der Waals surface area contributed by atoms with Gasteiger partial charge < -0.3 is 115 Å². The van der Waals surface area contributed by atoms with Crippen molar-refractivity contribution in [2.24, 2.45) is 0 Å². The van der Waals surface area contributed by atoms with Crippen LogP contribution in [-0.4, -0.2) is 321 Å². The molecule has 0 bridgehead atoms. The molecule has 55 heteroatoms. The van der Waals surface area contributed by atoms with Crippen molar-refractivity contribution in [2.45, 2.75) is 219 Å². The molecular formula is C67H100F2N18O35. The van der Waals surface area contributed by atoms with Crippen LogP contribution in [0.3, 0.4) is 0 Å². The van der Waals surface area contributed by atoms with Gasteiger partial charge in [0, 0.05) is 49.7 Å². The smallest absolute Gasteiger partial charge is 0.351 e. The molecule has 6 aromatic heterocycles. The number of carbonyl (C=O) groups excluding carboxylic acids is 1. The Morgan fingerprint density at radius 1 is 0.410 bits per heavy atom. The molecule has 53 nitrogen and oxygen atoms in total. The summed E-state index contributed by atoms with van der Waals surface area (Å²) in [6.07, 6.45) is -12.4. The number of aliphatic hydroxyl groups is 16. The molecule has 122 heavy (non-hydrogen) atoms. The Bertz CT molecular complexity index is 4510. The molecule has 6 unspecified atom stereocenters. The molecule has 0 aliphatic carbocycles. The van der Waals surface area contributed by atoms with Gasteiger partial charge in [0.15, 0.2) is 84.1 Å². The lowest BCUT2D eigenvalue weighted by Gasteiger charge is -2.27. The van der Waals surface area contributed by atoms with E-state index in [2.05, 4.69) is 52.6 Å². The van der Waals surface area contributed by atoms with Crippen LogP contribution in [0.4, 0.5) is 43.7 Å². The summed E-state index contributed by atoms with van der Waals surface area (Å²) in [4.78, 5) is 113. The second-order valence-corrected chi connectivity index (χ2v) is 28.1. The number of ether oxygens (including phenoxy) is 6. The molecule has 6 fully saturated rings. The number of alkyl halides is 2. The highest BCUT2D eigenvalue weighted by atomic mass is 19.1. The highest BCUT2D eigenvalue weighted by molar-refractivity contribution is 5.70. The van der Waals surface area contributed by atoms with Gasteiger partial charge in [-0.25, -0.2) is 53.3 Å². The molecule has 6 aliphatic heterocycles. The topological polar surface area (TPSA) is 777 Å². The molecule has 6 aromatic rings. The van der Waals surface area contributed by atoms with Gasteiger partial charge in [-0.2, -0.15) is 29.9 Å². The maximum absolute atomic E-state index is 14.4. The van der Waals surface area contributed by atoms with Crippen molar-refractivity contribution < 1.29 is 154 Å². The van der Waals surface area contributed by atoms with Gasteiger partial charge >= 0.3 is 40.1 Å². The molecule has 6 aliphatic rings. The van der Waals surface area contributed by atoms with Gasteiger partial charge in [-0.1, -0.05) is 39.0 Å². The molecule has 0 amide bonds. The van der Waals surface area contributed by atoms with Crippen LogP contribution in [0, 0.1) is 0 Å². The predicted molar refractivity (Wildman–Crippen MR) is 401 cm³/mol. The lowest BCUT2D eigenvalue weighted by Crippen LogP contribution is -2.46. The van der Waals surface area contributed by atoms with Crippen LogP contribution in [-0.2, 0) is 42.9 Å². The lowest BCUT2D eigenvalue weighted by atomic mass is 9.96. The maximum atomic E-state index is 14.4. The first-order valence-corrected chi connectivity index (χ1v) is 37.1. The van der Waals surface area contributed by atoms with Crippen LogP contribution in [0.25, 0.3) is 0 Å². The van der Waals surface area contributed by atoms with E-state index in [9.17, 15) is 93.4 Å². The van der Waals surface area contributed by atoms with Gasteiger partial charge in [0.2, 0.25) is 0 Å². The monoisotopic (exact) mass is 1750 g/mol. The Kier molecular flexibility index (Phi) is 36.8. The van der Waals surface area contributed by atoms with Crippen molar-refractivity contribution in [3.63, 3.8) is 0 Å². The van der Waals surface area contributed by atoms with Crippen molar-refractivity contribution in [1.29, 1.82) is 0 Å². The fraction of sp³-hybridized carbons (Fsp3) is 0.627. The van der Waals surface area contributed by atoms with E-state index in [4.69, 9.17) is 84.7 Å². The zero-order valence-corrected chi connectivity index (χ0v) is 65.4. The largest absolute Gasteiger partial charge is 0.394 e. The Morgan fingerprint density at radius 3 is 1.02 bits per heavy atom. The Balaban J connectivity index is 0.000000203. The summed E-state index contributed by atoms with van der Waals surface area (Å²) in [5, 5.41) is 187. The first-order chi connectivity index (χ1) is 57.9. The van der Waals surface area contributed by atoms with Crippen molar-refractivity contribution in [2.75, 3.05) is 79.6 Å². The average molecular weight is 1760 g/mol. The molecule has 6 saturated heterocycles. The Labute approximate surface area is 685 Å². The minimum atomic E-state index is -2.26. The molecule has 0 aromatic carbocycles. The molecule has 0 saturated carbocycles. The van der Waals surface area contributed by atoms with Crippen molar-refractivity contribution in [3.05, 3.63) is 136 Å². The number of nitrogens with one attached hydrogen (secondary N) is 6. The molecule has 24 atom stereocenters. The summed E-state index contributed by atoms with van der Waals surface area (Å²) >= 11 is 0.